The standard InChI is InChI=1S/C13H17N3/c1-10-3-5-12(6-4-10)11(2)16-9-13-14-7-8-15-13/h3-8,11,16H,9H2,1-2H3,(H,14,15). The number of aromatic amines is 1. The number of benzene rings is 1. The average Bonchev–Trinajstić information content (AvgIpc) is 2.80. The molecule has 0 saturated carbocycles. The van der Waals surface area contributed by atoms with E-state index in [1.807, 2.05) is 6.20 Å². The van der Waals surface area contributed by atoms with Gasteiger partial charge in [-0.05, 0) is 19.4 Å². The molecule has 0 aliphatic heterocycles. The van der Waals surface area contributed by atoms with Crippen LogP contribution in [0.2, 0.25) is 0 Å². The summed E-state index contributed by atoms with van der Waals surface area (Å²) >= 11 is 0. The molecule has 3 nitrogen and oxygen atoms in total. The molecule has 2 rings (SSSR count). The number of rotatable bonds is 4. The number of nitrogens with one attached hydrogen (secondary N) is 2. The molecule has 84 valence electrons. The zero-order valence-electron chi connectivity index (χ0n) is 9.70. The number of imidazole rings is 1. The lowest BCUT2D eigenvalue weighted by molar-refractivity contribution is 0.562. The molecule has 0 radical (unpaired) electrons. The summed E-state index contributed by atoms with van der Waals surface area (Å²) in [5, 5.41) is 3.43. The van der Waals surface area contributed by atoms with Gasteiger partial charge in [0, 0.05) is 18.4 Å². The minimum Gasteiger partial charge on any atom is -0.348 e. The first-order valence-corrected chi connectivity index (χ1v) is 5.54. The maximum atomic E-state index is 4.18. The number of aryl methyl sites for hydroxylation is 1. The quantitative estimate of drug-likeness (QED) is 0.823. The van der Waals surface area contributed by atoms with Gasteiger partial charge in [-0.1, -0.05) is 29.8 Å². The molecule has 0 spiro atoms. The summed E-state index contributed by atoms with van der Waals surface area (Å²) in [5.74, 6) is 0.971. The molecule has 1 aromatic carbocycles. The highest BCUT2D eigenvalue weighted by molar-refractivity contribution is 5.23. The molecule has 16 heavy (non-hydrogen) atoms. The fraction of sp³-hybridized carbons (Fsp3) is 0.308. The molecule has 2 N–H and O–H groups in total. The maximum Gasteiger partial charge on any atom is 0.120 e. The van der Waals surface area contributed by atoms with E-state index in [2.05, 4.69) is 53.4 Å². The van der Waals surface area contributed by atoms with Crippen LogP contribution in [0.15, 0.2) is 36.7 Å². The van der Waals surface area contributed by atoms with Crippen molar-refractivity contribution in [3.63, 3.8) is 0 Å². The number of hydrogen-bond donors (Lipinski definition) is 2. The minimum absolute atomic E-state index is 0.339. The van der Waals surface area contributed by atoms with E-state index in [4.69, 9.17) is 0 Å². The fourth-order valence-corrected chi connectivity index (χ4v) is 1.62. The summed E-state index contributed by atoms with van der Waals surface area (Å²) in [7, 11) is 0. The van der Waals surface area contributed by atoms with Crippen LogP contribution in [0, 0.1) is 6.92 Å². The van der Waals surface area contributed by atoms with Crippen molar-refractivity contribution in [3.05, 3.63) is 53.6 Å². The fourth-order valence-electron chi connectivity index (χ4n) is 1.62. The van der Waals surface area contributed by atoms with Gasteiger partial charge >= 0.3 is 0 Å². The summed E-state index contributed by atoms with van der Waals surface area (Å²) in [4.78, 5) is 7.26. The lowest BCUT2D eigenvalue weighted by atomic mass is 10.1. The largest absolute Gasteiger partial charge is 0.348 e. The Hall–Kier alpha value is -1.61. The van der Waals surface area contributed by atoms with Crippen LogP contribution in [-0.4, -0.2) is 9.97 Å². The van der Waals surface area contributed by atoms with Crippen molar-refractivity contribution in [1.82, 2.24) is 15.3 Å². The normalized spacial score (nSPS) is 12.6. The van der Waals surface area contributed by atoms with E-state index in [9.17, 15) is 0 Å². The Morgan fingerprint density at radius 1 is 1.31 bits per heavy atom. The Kier molecular flexibility index (Phi) is 3.37. The first-order valence-electron chi connectivity index (χ1n) is 5.54. The highest BCUT2D eigenvalue weighted by Gasteiger charge is 2.04. The average molecular weight is 215 g/mol. The summed E-state index contributed by atoms with van der Waals surface area (Å²) in [6, 6.07) is 8.94. The molecule has 0 amide bonds. The van der Waals surface area contributed by atoms with E-state index in [0.717, 1.165) is 12.4 Å². The molecule has 0 saturated heterocycles. The zero-order valence-corrected chi connectivity index (χ0v) is 9.70. The number of nitrogens with zero attached hydrogens (tertiary/aromatic N) is 1. The van der Waals surface area contributed by atoms with Crippen molar-refractivity contribution in [3.8, 4) is 0 Å². The van der Waals surface area contributed by atoms with Crippen LogP contribution < -0.4 is 5.32 Å². The number of hydrogen-bond acceptors (Lipinski definition) is 2. The second-order valence-corrected chi connectivity index (χ2v) is 4.05. The van der Waals surface area contributed by atoms with Crippen LogP contribution in [0.25, 0.3) is 0 Å². The van der Waals surface area contributed by atoms with Gasteiger partial charge in [0.1, 0.15) is 5.82 Å². The molecule has 0 bridgehead atoms. The van der Waals surface area contributed by atoms with Gasteiger partial charge in [0.15, 0.2) is 0 Å². The zero-order chi connectivity index (χ0) is 11.4. The Bertz CT molecular complexity index is 417. The number of H-pyrrole nitrogens is 1. The molecule has 1 aromatic heterocycles. The molecule has 1 atom stereocenters. The second kappa shape index (κ2) is 4.94. The molecule has 1 unspecified atom stereocenters. The third-order valence-electron chi connectivity index (χ3n) is 2.71. The van der Waals surface area contributed by atoms with Crippen LogP contribution >= 0.6 is 0 Å². The summed E-state index contributed by atoms with van der Waals surface area (Å²) < 4.78 is 0. The van der Waals surface area contributed by atoms with Crippen molar-refractivity contribution in [2.75, 3.05) is 0 Å². The predicted molar refractivity (Wildman–Crippen MR) is 65.0 cm³/mol. The van der Waals surface area contributed by atoms with E-state index in [0.29, 0.717) is 6.04 Å². The molecule has 3 heteroatoms. The lowest BCUT2D eigenvalue weighted by Gasteiger charge is -2.13. The Labute approximate surface area is 95.9 Å². The van der Waals surface area contributed by atoms with Crippen LogP contribution in [0.4, 0.5) is 0 Å². The van der Waals surface area contributed by atoms with Crippen molar-refractivity contribution >= 4 is 0 Å². The molecule has 2 aromatic rings. The van der Waals surface area contributed by atoms with Crippen LogP contribution in [0.3, 0.4) is 0 Å². The molecular formula is C13H17N3. The van der Waals surface area contributed by atoms with Crippen molar-refractivity contribution < 1.29 is 0 Å². The number of aromatic nitrogens is 2. The highest BCUT2D eigenvalue weighted by Crippen LogP contribution is 2.13. The molecule has 0 fully saturated rings. The van der Waals surface area contributed by atoms with Gasteiger partial charge in [-0.2, -0.15) is 0 Å². The van der Waals surface area contributed by atoms with Gasteiger partial charge < -0.3 is 10.3 Å². The predicted octanol–water partition coefficient (Wildman–Crippen LogP) is 2.57. The van der Waals surface area contributed by atoms with Gasteiger partial charge in [0.05, 0.1) is 6.54 Å². The summed E-state index contributed by atoms with van der Waals surface area (Å²) in [5.41, 5.74) is 2.60. The van der Waals surface area contributed by atoms with E-state index in [-0.39, 0.29) is 0 Å². The maximum absolute atomic E-state index is 4.18. The first-order chi connectivity index (χ1) is 7.75. The Balaban J connectivity index is 1.93. The van der Waals surface area contributed by atoms with Crippen molar-refractivity contribution in [2.45, 2.75) is 26.4 Å². The smallest absolute Gasteiger partial charge is 0.120 e. The molecule has 0 aliphatic rings. The van der Waals surface area contributed by atoms with Crippen molar-refractivity contribution in [2.24, 2.45) is 0 Å². The topological polar surface area (TPSA) is 40.7 Å². The van der Waals surface area contributed by atoms with Gasteiger partial charge in [0.25, 0.3) is 0 Å². The molecule has 0 aliphatic carbocycles. The van der Waals surface area contributed by atoms with Gasteiger partial charge in [-0.3, -0.25) is 0 Å². The van der Waals surface area contributed by atoms with Gasteiger partial charge in [0.2, 0.25) is 0 Å². The van der Waals surface area contributed by atoms with Crippen LogP contribution in [0.5, 0.6) is 0 Å². The van der Waals surface area contributed by atoms with Gasteiger partial charge in [-0.15, -0.1) is 0 Å². The minimum atomic E-state index is 0.339. The Morgan fingerprint density at radius 2 is 2.06 bits per heavy atom. The van der Waals surface area contributed by atoms with Gasteiger partial charge in [-0.25, -0.2) is 4.98 Å². The summed E-state index contributed by atoms with van der Waals surface area (Å²) in [6.45, 7) is 5.03. The third kappa shape index (κ3) is 2.70. The van der Waals surface area contributed by atoms with E-state index in [1.165, 1.54) is 11.1 Å². The van der Waals surface area contributed by atoms with Crippen LogP contribution in [0.1, 0.15) is 29.9 Å². The molecule has 1 heterocycles. The Morgan fingerprint density at radius 3 is 2.69 bits per heavy atom. The second-order valence-electron chi connectivity index (χ2n) is 4.05. The van der Waals surface area contributed by atoms with E-state index >= 15 is 0 Å². The lowest BCUT2D eigenvalue weighted by Crippen LogP contribution is -2.18. The SMILES string of the molecule is Cc1ccc(C(C)NCc2ncc[nH]2)cc1. The first kappa shape index (κ1) is 10.9. The van der Waals surface area contributed by atoms with Crippen molar-refractivity contribution in [1.29, 1.82) is 0 Å². The third-order valence-corrected chi connectivity index (χ3v) is 2.71. The van der Waals surface area contributed by atoms with E-state index < -0.39 is 0 Å². The highest BCUT2D eigenvalue weighted by atomic mass is 15.0. The monoisotopic (exact) mass is 215 g/mol. The van der Waals surface area contributed by atoms with Crippen LogP contribution in [-0.2, 0) is 6.54 Å². The van der Waals surface area contributed by atoms with E-state index in [1.54, 1.807) is 6.20 Å². The molecular weight excluding hydrogens is 198 g/mol. The summed E-state index contributed by atoms with van der Waals surface area (Å²) in [6.07, 6.45) is 3.61.